The highest BCUT2D eigenvalue weighted by molar-refractivity contribution is 5.70. The summed E-state index contributed by atoms with van der Waals surface area (Å²) in [5, 5.41) is 7.48. The number of aromatic nitrogens is 2. The molecule has 1 aromatic heterocycles. The van der Waals surface area contributed by atoms with Crippen LogP contribution in [0.15, 0.2) is 28.5 Å². The standard InChI is InChI=1S/C9H10N2O/c1-7-3-2-4-8(5-7)9-11-10-6-12-9/h4-6H,2-3H2,1H3. The maximum atomic E-state index is 5.09. The third-order valence-electron chi connectivity index (χ3n) is 1.91. The summed E-state index contributed by atoms with van der Waals surface area (Å²) in [5.41, 5.74) is 2.42. The van der Waals surface area contributed by atoms with E-state index in [2.05, 4.69) is 29.3 Å². The molecule has 0 saturated heterocycles. The minimum absolute atomic E-state index is 0.619. The molecule has 0 saturated carbocycles. The van der Waals surface area contributed by atoms with Gasteiger partial charge in [-0.1, -0.05) is 17.7 Å². The monoisotopic (exact) mass is 162 g/mol. The van der Waals surface area contributed by atoms with E-state index in [1.807, 2.05) is 0 Å². The molecule has 1 heterocycles. The van der Waals surface area contributed by atoms with E-state index < -0.39 is 0 Å². The molecule has 1 aliphatic carbocycles. The third kappa shape index (κ3) is 1.30. The molecule has 3 heteroatoms. The van der Waals surface area contributed by atoms with Gasteiger partial charge in [-0.25, -0.2) is 0 Å². The highest BCUT2D eigenvalue weighted by Crippen LogP contribution is 2.22. The van der Waals surface area contributed by atoms with Crippen molar-refractivity contribution in [3.05, 3.63) is 30.0 Å². The number of allylic oxidation sites excluding steroid dienone is 4. The molecule has 2 rings (SSSR count). The van der Waals surface area contributed by atoms with Crippen molar-refractivity contribution in [3.8, 4) is 0 Å². The fourth-order valence-electron chi connectivity index (χ4n) is 1.30. The van der Waals surface area contributed by atoms with Gasteiger partial charge in [-0.05, 0) is 19.8 Å². The molecule has 0 aromatic carbocycles. The molecule has 0 amide bonds. The SMILES string of the molecule is CC1=CC(c2nnco2)=CCC1. The van der Waals surface area contributed by atoms with E-state index in [1.54, 1.807) is 0 Å². The van der Waals surface area contributed by atoms with Crippen LogP contribution >= 0.6 is 0 Å². The Hall–Kier alpha value is -1.38. The lowest BCUT2D eigenvalue weighted by atomic mass is 10.0. The Morgan fingerprint density at radius 2 is 2.42 bits per heavy atom. The van der Waals surface area contributed by atoms with Crippen molar-refractivity contribution in [1.29, 1.82) is 0 Å². The molecule has 0 fully saturated rings. The third-order valence-corrected chi connectivity index (χ3v) is 1.91. The summed E-state index contributed by atoms with van der Waals surface area (Å²) in [4.78, 5) is 0. The van der Waals surface area contributed by atoms with Crippen LogP contribution in [0, 0.1) is 0 Å². The fourth-order valence-corrected chi connectivity index (χ4v) is 1.30. The topological polar surface area (TPSA) is 38.9 Å². The Morgan fingerprint density at radius 3 is 3.08 bits per heavy atom. The maximum Gasteiger partial charge on any atom is 0.247 e. The van der Waals surface area contributed by atoms with Crippen LogP contribution < -0.4 is 0 Å². The van der Waals surface area contributed by atoms with Gasteiger partial charge in [0.15, 0.2) is 0 Å². The average molecular weight is 162 g/mol. The zero-order valence-electron chi connectivity index (χ0n) is 6.95. The lowest BCUT2D eigenvalue weighted by Crippen LogP contribution is -1.89. The molecule has 0 atom stereocenters. The molecule has 0 N–H and O–H groups in total. The van der Waals surface area contributed by atoms with Crippen molar-refractivity contribution < 1.29 is 4.42 Å². The zero-order chi connectivity index (χ0) is 8.39. The van der Waals surface area contributed by atoms with Gasteiger partial charge in [0.05, 0.1) is 0 Å². The van der Waals surface area contributed by atoms with Gasteiger partial charge in [0.1, 0.15) is 0 Å². The van der Waals surface area contributed by atoms with Crippen LogP contribution in [0.1, 0.15) is 25.7 Å². The highest BCUT2D eigenvalue weighted by atomic mass is 16.4. The largest absolute Gasteiger partial charge is 0.423 e. The van der Waals surface area contributed by atoms with Crippen LogP contribution in [0.5, 0.6) is 0 Å². The van der Waals surface area contributed by atoms with E-state index >= 15 is 0 Å². The van der Waals surface area contributed by atoms with Crippen molar-refractivity contribution in [2.75, 3.05) is 0 Å². The second-order valence-electron chi connectivity index (χ2n) is 2.93. The first kappa shape index (κ1) is 7.28. The molecule has 3 nitrogen and oxygen atoms in total. The number of hydrogen-bond donors (Lipinski definition) is 0. The quantitative estimate of drug-likeness (QED) is 0.635. The highest BCUT2D eigenvalue weighted by Gasteiger charge is 2.07. The van der Waals surface area contributed by atoms with Crippen LogP contribution in [-0.4, -0.2) is 10.2 Å². The first-order valence-electron chi connectivity index (χ1n) is 4.00. The van der Waals surface area contributed by atoms with Crippen LogP contribution in [0.25, 0.3) is 5.57 Å². The number of rotatable bonds is 1. The van der Waals surface area contributed by atoms with Crippen molar-refractivity contribution in [2.45, 2.75) is 19.8 Å². The smallest absolute Gasteiger partial charge is 0.247 e. The molecule has 0 radical (unpaired) electrons. The Morgan fingerprint density at radius 1 is 1.50 bits per heavy atom. The van der Waals surface area contributed by atoms with Crippen LogP contribution in [0.4, 0.5) is 0 Å². The molecule has 0 spiro atoms. The van der Waals surface area contributed by atoms with Crippen molar-refractivity contribution in [1.82, 2.24) is 10.2 Å². The van der Waals surface area contributed by atoms with Gasteiger partial charge in [-0.15, -0.1) is 10.2 Å². The van der Waals surface area contributed by atoms with Crippen LogP contribution in [0.2, 0.25) is 0 Å². The van der Waals surface area contributed by atoms with Crippen LogP contribution in [0.3, 0.4) is 0 Å². The Bertz CT molecular complexity index is 322. The molecule has 1 aromatic rings. The second kappa shape index (κ2) is 2.93. The molecule has 1 aliphatic rings. The summed E-state index contributed by atoms with van der Waals surface area (Å²) in [6.07, 6.45) is 7.78. The summed E-state index contributed by atoms with van der Waals surface area (Å²) in [6.45, 7) is 2.11. The van der Waals surface area contributed by atoms with E-state index in [4.69, 9.17) is 4.42 Å². The summed E-state index contributed by atoms with van der Waals surface area (Å²) in [6, 6.07) is 0. The van der Waals surface area contributed by atoms with Gasteiger partial charge in [0.25, 0.3) is 0 Å². The predicted octanol–water partition coefficient (Wildman–Crippen LogP) is 2.19. The van der Waals surface area contributed by atoms with Gasteiger partial charge in [-0.2, -0.15) is 0 Å². The van der Waals surface area contributed by atoms with E-state index in [0.717, 1.165) is 18.4 Å². The maximum absolute atomic E-state index is 5.09. The summed E-state index contributed by atoms with van der Waals surface area (Å²) in [7, 11) is 0. The van der Waals surface area contributed by atoms with Crippen LogP contribution in [-0.2, 0) is 0 Å². The number of nitrogens with zero attached hydrogens (tertiary/aromatic N) is 2. The molecular weight excluding hydrogens is 152 g/mol. The Labute approximate surface area is 70.8 Å². The zero-order valence-corrected chi connectivity index (χ0v) is 6.95. The minimum Gasteiger partial charge on any atom is -0.423 e. The molecule has 62 valence electrons. The lowest BCUT2D eigenvalue weighted by Gasteiger charge is -2.06. The molecule has 0 unspecified atom stereocenters. The first-order valence-corrected chi connectivity index (χ1v) is 4.00. The van der Waals surface area contributed by atoms with Crippen molar-refractivity contribution in [3.63, 3.8) is 0 Å². The fraction of sp³-hybridized carbons (Fsp3) is 0.333. The normalized spacial score (nSPS) is 17.1. The lowest BCUT2D eigenvalue weighted by molar-refractivity contribution is 0.539. The summed E-state index contributed by atoms with van der Waals surface area (Å²) in [5.74, 6) is 0.619. The van der Waals surface area contributed by atoms with Gasteiger partial charge in [-0.3, -0.25) is 0 Å². The second-order valence-corrected chi connectivity index (χ2v) is 2.93. The number of hydrogen-bond acceptors (Lipinski definition) is 3. The van der Waals surface area contributed by atoms with Gasteiger partial charge < -0.3 is 4.42 Å². The predicted molar refractivity (Wildman–Crippen MR) is 45.3 cm³/mol. The molecule has 0 aliphatic heterocycles. The van der Waals surface area contributed by atoms with Gasteiger partial charge >= 0.3 is 0 Å². The van der Waals surface area contributed by atoms with Crippen molar-refractivity contribution in [2.24, 2.45) is 0 Å². The Kier molecular flexibility index (Phi) is 1.78. The summed E-state index contributed by atoms with van der Waals surface area (Å²) < 4.78 is 5.09. The minimum atomic E-state index is 0.619. The molecular formula is C9H10N2O. The Balaban J connectivity index is 2.31. The van der Waals surface area contributed by atoms with E-state index in [0.29, 0.717) is 5.89 Å². The first-order chi connectivity index (χ1) is 5.86. The van der Waals surface area contributed by atoms with E-state index in [9.17, 15) is 0 Å². The van der Waals surface area contributed by atoms with Gasteiger partial charge in [0.2, 0.25) is 12.3 Å². The molecule has 0 bridgehead atoms. The summed E-state index contributed by atoms with van der Waals surface area (Å²) >= 11 is 0. The van der Waals surface area contributed by atoms with E-state index in [1.165, 1.54) is 12.0 Å². The van der Waals surface area contributed by atoms with Crippen molar-refractivity contribution >= 4 is 5.57 Å². The average Bonchev–Trinajstić information content (AvgIpc) is 2.56. The van der Waals surface area contributed by atoms with E-state index in [-0.39, 0.29) is 0 Å². The van der Waals surface area contributed by atoms with Gasteiger partial charge in [0, 0.05) is 5.57 Å². The molecule has 12 heavy (non-hydrogen) atoms.